The molecule has 2 atom stereocenters. The number of hydrogen-bond donors (Lipinski definition) is 1. The van der Waals surface area contributed by atoms with E-state index in [-0.39, 0.29) is 36.1 Å². The van der Waals surface area contributed by atoms with E-state index in [9.17, 15) is 23.1 Å². The number of rotatable bonds is 6. The Morgan fingerprint density at radius 2 is 1.89 bits per heavy atom. The third-order valence-electron chi connectivity index (χ3n) is 6.34. The molecule has 1 aliphatic heterocycles. The minimum absolute atomic E-state index is 0.109. The van der Waals surface area contributed by atoms with Crippen LogP contribution in [0.3, 0.4) is 0 Å². The van der Waals surface area contributed by atoms with Gasteiger partial charge in [-0.25, -0.2) is 8.42 Å². The summed E-state index contributed by atoms with van der Waals surface area (Å²) < 4.78 is 35.7. The molecular weight excluding hydrogens is 468 g/mol. The lowest BCUT2D eigenvalue weighted by Gasteiger charge is -2.24. The van der Waals surface area contributed by atoms with Gasteiger partial charge in [0, 0.05) is 31.3 Å². The molecule has 2 aromatic carbocycles. The van der Waals surface area contributed by atoms with Crippen LogP contribution >= 0.6 is 0 Å². The van der Waals surface area contributed by atoms with E-state index in [4.69, 9.17) is 4.74 Å². The molecule has 3 aromatic rings. The van der Waals surface area contributed by atoms with Crippen molar-refractivity contribution < 1.29 is 23.1 Å². The van der Waals surface area contributed by atoms with Gasteiger partial charge in [0.1, 0.15) is 16.7 Å². The fourth-order valence-electron chi connectivity index (χ4n) is 4.45. The molecule has 0 amide bonds. The molecule has 35 heavy (non-hydrogen) atoms. The van der Waals surface area contributed by atoms with Crippen molar-refractivity contribution in [2.24, 2.45) is 7.05 Å². The average molecular weight is 497 g/mol. The molecule has 0 radical (unpaired) electrons. The summed E-state index contributed by atoms with van der Waals surface area (Å²) in [5.41, 5.74) is 2.69. The van der Waals surface area contributed by atoms with Crippen molar-refractivity contribution in [2.45, 2.75) is 43.7 Å². The summed E-state index contributed by atoms with van der Waals surface area (Å²) >= 11 is 0. The van der Waals surface area contributed by atoms with Gasteiger partial charge in [0.2, 0.25) is 15.6 Å². The van der Waals surface area contributed by atoms with Gasteiger partial charge in [0.25, 0.3) is 0 Å². The first kappa shape index (κ1) is 24.7. The molecule has 184 valence electrons. The van der Waals surface area contributed by atoms with Gasteiger partial charge in [-0.05, 0) is 48.7 Å². The van der Waals surface area contributed by atoms with Gasteiger partial charge in [-0.2, -0.15) is 4.31 Å². The topological polar surface area (TPSA) is 106 Å². The number of benzene rings is 2. The molecular formula is C26H28N2O6S. The molecule has 9 heteroatoms. The van der Waals surface area contributed by atoms with Crippen LogP contribution < -0.4 is 10.3 Å². The van der Waals surface area contributed by atoms with E-state index in [1.165, 1.54) is 21.0 Å². The van der Waals surface area contributed by atoms with Crippen LogP contribution in [-0.2, 0) is 28.4 Å². The van der Waals surface area contributed by atoms with E-state index < -0.39 is 21.9 Å². The fraction of sp³-hybridized carbons (Fsp3) is 0.308. The van der Waals surface area contributed by atoms with Crippen LogP contribution in [0.15, 0.2) is 70.4 Å². The number of carboxylic acids is 1. The van der Waals surface area contributed by atoms with E-state index in [0.29, 0.717) is 17.0 Å². The molecule has 8 nitrogen and oxygen atoms in total. The van der Waals surface area contributed by atoms with Crippen LogP contribution in [0.25, 0.3) is 0 Å². The lowest BCUT2D eigenvalue weighted by atomic mass is 9.89. The van der Waals surface area contributed by atoms with Gasteiger partial charge in [-0.3, -0.25) is 9.59 Å². The van der Waals surface area contributed by atoms with Crippen molar-refractivity contribution in [1.82, 2.24) is 8.87 Å². The van der Waals surface area contributed by atoms with E-state index in [1.54, 1.807) is 37.4 Å². The maximum absolute atomic E-state index is 13.5. The van der Waals surface area contributed by atoms with Gasteiger partial charge in [-0.1, -0.05) is 36.4 Å². The summed E-state index contributed by atoms with van der Waals surface area (Å²) in [5.74, 6) is -1.24. The summed E-state index contributed by atoms with van der Waals surface area (Å²) in [6.07, 6.45) is -0.560. The van der Waals surface area contributed by atoms with Gasteiger partial charge in [-0.15, -0.1) is 0 Å². The third kappa shape index (κ3) is 5.01. The predicted molar refractivity (Wildman–Crippen MR) is 131 cm³/mol. The van der Waals surface area contributed by atoms with Crippen LogP contribution in [0.5, 0.6) is 5.75 Å². The highest BCUT2D eigenvalue weighted by Gasteiger charge is 2.33. The quantitative estimate of drug-likeness (QED) is 0.562. The number of para-hydroxylation sites is 1. The van der Waals surface area contributed by atoms with Crippen LogP contribution in [0.4, 0.5) is 0 Å². The Balaban J connectivity index is 1.76. The number of carboxylic acid groups (broad SMARTS) is 1. The SMILES string of the molecule is Cc1ccc(C(CC(=O)O)c2cccc(=O)n2C)cc1CN1C[C@@H](C)Oc2ccccc2S1(=O)=O. The van der Waals surface area contributed by atoms with Crippen LogP contribution in [0.1, 0.15) is 41.6 Å². The van der Waals surface area contributed by atoms with Crippen molar-refractivity contribution in [3.8, 4) is 5.75 Å². The number of sulfonamides is 1. The summed E-state index contributed by atoms with van der Waals surface area (Å²) in [7, 11) is -2.20. The Kier molecular flexibility index (Phi) is 6.82. The minimum Gasteiger partial charge on any atom is -0.488 e. The molecule has 0 aliphatic carbocycles. The molecule has 0 saturated carbocycles. The van der Waals surface area contributed by atoms with Crippen LogP contribution in [-0.4, -0.2) is 41.0 Å². The number of aliphatic carboxylic acids is 1. The number of fused-ring (bicyclic) bond motifs is 1. The van der Waals surface area contributed by atoms with Gasteiger partial charge in [0.15, 0.2) is 0 Å². The van der Waals surface area contributed by atoms with Gasteiger partial charge in [0.05, 0.1) is 13.0 Å². The number of nitrogens with zero attached hydrogens (tertiary/aromatic N) is 2. The highest BCUT2D eigenvalue weighted by molar-refractivity contribution is 7.89. The van der Waals surface area contributed by atoms with Gasteiger partial charge < -0.3 is 14.4 Å². The number of ether oxygens (including phenoxy) is 1. The number of aromatic nitrogens is 1. The van der Waals surface area contributed by atoms with Gasteiger partial charge >= 0.3 is 5.97 Å². The maximum atomic E-state index is 13.5. The van der Waals surface area contributed by atoms with Crippen molar-refractivity contribution in [3.63, 3.8) is 0 Å². The summed E-state index contributed by atoms with van der Waals surface area (Å²) in [6.45, 7) is 4.00. The molecule has 0 bridgehead atoms. The molecule has 0 saturated heterocycles. The number of pyridine rings is 1. The Morgan fingerprint density at radius 1 is 1.14 bits per heavy atom. The Bertz CT molecular complexity index is 1430. The summed E-state index contributed by atoms with van der Waals surface area (Å²) in [4.78, 5) is 24.0. The minimum atomic E-state index is -3.81. The molecule has 0 fully saturated rings. The molecule has 1 aliphatic rings. The predicted octanol–water partition coefficient (Wildman–Crippen LogP) is 3.27. The number of hydrogen-bond acceptors (Lipinski definition) is 5. The van der Waals surface area contributed by atoms with Crippen LogP contribution in [0.2, 0.25) is 0 Å². The molecule has 0 spiro atoms. The monoisotopic (exact) mass is 496 g/mol. The zero-order chi connectivity index (χ0) is 25.3. The Morgan fingerprint density at radius 3 is 2.63 bits per heavy atom. The lowest BCUT2D eigenvalue weighted by Crippen LogP contribution is -2.35. The molecule has 2 heterocycles. The normalized spacial score (nSPS) is 18.2. The Labute approximate surface area is 204 Å². The zero-order valence-electron chi connectivity index (χ0n) is 19.8. The molecule has 1 aromatic heterocycles. The van der Waals surface area contributed by atoms with Crippen molar-refractivity contribution in [3.05, 3.63) is 93.4 Å². The highest BCUT2D eigenvalue weighted by Crippen LogP contribution is 2.33. The maximum Gasteiger partial charge on any atom is 0.304 e. The van der Waals surface area contributed by atoms with E-state index in [0.717, 1.165) is 11.1 Å². The first-order valence-electron chi connectivity index (χ1n) is 11.3. The molecule has 1 unspecified atom stereocenters. The second-order valence-corrected chi connectivity index (χ2v) is 10.8. The molecule has 1 N–H and O–H groups in total. The largest absolute Gasteiger partial charge is 0.488 e. The van der Waals surface area contributed by atoms with Crippen molar-refractivity contribution >= 4 is 16.0 Å². The standard InChI is InChI=1S/C26H28N2O6S/c1-17-11-12-19(21(14-26(30)31)22-7-6-10-25(29)27(22)3)13-20(17)16-28-15-18(2)34-23-8-4-5-9-24(23)35(28,32)33/h4-13,18,21H,14-16H2,1-3H3,(H,30,31)/t18-,21?/m1/s1. The summed E-state index contributed by atoms with van der Waals surface area (Å²) in [6, 6.07) is 16.9. The number of carbonyl (C=O) groups is 1. The highest BCUT2D eigenvalue weighted by atomic mass is 32.2. The van der Waals surface area contributed by atoms with E-state index in [2.05, 4.69) is 0 Å². The Hall–Kier alpha value is -3.43. The zero-order valence-corrected chi connectivity index (χ0v) is 20.7. The van der Waals surface area contributed by atoms with Crippen LogP contribution in [0, 0.1) is 6.92 Å². The third-order valence-corrected chi connectivity index (χ3v) is 8.19. The summed E-state index contributed by atoms with van der Waals surface area (Å²) in [5, 5.41) is 9.58. The fourth-order valence-corrected chi connectivity index (χ4v) is 6.07. The first-order chi connectivity index (χ1) is 16.6. The second-order valence-electron chi connectivity index (χ2n) is 8.86. The van der Waals surface area contributed by atoms with E-state index >= 15 is 0 Å². The van der Waals surface area contributed by atoms with Crippen molar-refractivity contribution in [2.75, 3.05) is 6.54 Å². The number of aryl methyl sites for hydroxylation is 1. The smallest absolute Gasteiger partial charge is 0.304 e. The second kappa shape index (κ2) is 9.67. The van der Waals surface area contributed by atoms with E-state index in [1.807, 2.05) is 32.0 Å². The molecule has 4 rings (SSSR count). The first-order valence-corrected chi connectivity index (χ1v) is 12.7. The lowest BCUT2D eigenvalue weighted by molar-refractivity contribution is -0.137. The van der Waals surface area contributed by atoms with Crippen molar-refractivity contribution in [1.29, 1.82) is 0 Å². The average Bonchev–Trinajstić information content (AvgIpc) is 2.89.